The highest BCUT2D eigenvalue weighted by molar-refractivity contribution is 6.34. The van der Waals surface area contributed by atoms with Crippen molar-refractivity contribution in [2.75, 3.05) is 0 Å². The Balaban J connectivity index is 2.39. The molecule has 2 aromatic carbocycles. The summed E-state index contributed by atoms with van der Waals surface area (Å²) in [6.07, 6.45) is 0.649. The third-order valence-corrected chi connectivity index (χ3v) is 3.45. The number of rotatable bonds is 4. The highest BCUT2D eigenvalue weighted by Crippen LogP contribution is 2.28. The van der Waals surface area contributed by atoms with Crippen LogP contribution < -0.4 is 0 Å². The second-order valence-corrected chi connectivity index (χ2v) is 4.77. The number of hydrogen-bond donors (Lipinski definition) is 0. The van der Waals surface area contributed by atoms with E-state index < -0.39 is 5.82 Å². The first-order valence-corrected chi connectivity index (χ1v) is 6.55. The molecule has 1 atom stereocenters. The summed E-state index contributed by atoms with van der Waals surface area (Å²) < 4.78 is 13.3. The van der Waals surface area contributed by atoms with Crippen LogP contribution in [0.4, 0.5) is 4.39 Å². The lowest BCUT2D eigenvalue weighted by Gasteiger charge is -2.15. The molecule has 0 heterocycles. The van der Waals surface area contributed by atoms with Gasteiger partial charge in [0, 0.05) is 11.5 Å². The van der Waals surface area contributed by atoms with Crippen LogP contribution in [-0.4, -0.2) is 5.78 Å². The summed E-state index contributed by atoms with van der Waals surface area (Å²) >= 11 is 5.99. The molecule has 0 bridgehead atoms. The van der Waals surface area contributed by atoms with Crippen molar-refractivity contribution in [2.24, 2.45) is 0 Å². The summed E-state index contributed by atoms with van der Waals surface area (Å²) in [7, 11) is 0. The molecule has 0 aliphatic heterocycles. The first-order valence-electron chi connectivity index (χ1n) is 6.17. The van der Waals surface area contributed by atoms with Gasteiger partial charge in [0.05, 0.1) is 5.02 Å². The van der Waals surface area contributed by atoms with E-state index in [-0.39, 0.29) is 17.3 Å². The fourth-order valence-electron chi connectivity index (χ4n) is 2.13. The van der Waals surface area contributed by atoms with Crippen molar-refractivity contribution in [3.63, 3.8) is 0 Å². The Morgan fingerprint density at radius 3 is 2.53 bits per heavy atom. The third kappa shape index (κ3) is 3.02. The Hall–Kier alpha value is -1.67. The molecular formula is C16H14ClFO. The molecule has 3 heteroatoms. The lowest BCUT2D eigenvalue weighted by atomic mass is 9.88. The van der Waals surface area contributed by atoms with E-state index in [1.54, 1.807) is 0 Å². The number of benzene rings is 2. The molecule has 0 aromatic heterocycles. The normalized spacial score (nSPS) is 12.2. The van der Waals surface area contributed by atoms with Gasteiger partial charge in [-0.1, -0.05) is 48.9 Å². The molecule has 0 spiro atoms. The Labute approximate surface area is 117 Å². The van der Waals surface area contributed by atoms with Gasteiger partial charge in [0.2, 0.25) is 0 Å². The average Bonchev–Trinajstić information content (AvgIpc) is 2.43. The quantitative estimate of drug-likeness (QED) is 0.729. The maximum atomic E-state index is 13.3. The van der Waals surface area contributed by atoms with Crippen molar-refractivity contribution in [1.29, 1.82) is 0 Å². The maximum Gasteiger partial charge on any atom is 0.171 e. The number of Topliss-reactive ketones (excluding diaryl/α,β-unsaturated/α-hetero) is 1. The second-order valence-electron chi connectivity index (χ2n) is 4.36. The SMILES string of the molecule is CCC(C(=O)c1cc(F)ccc1Cl)c1ccccc1. The summed E-state index contributed by atoms with van der Waals surface area (Å²) in [6.45, 7) is 1.93. The van der Waals surface area contributed by atoms with Crippen LogP contribution in [0.25, 0.3) is 0 Å². The van der Waals surface area contributed by atoms with E-state index in [4.69, 9.17) is 11.6 Å². The first kappa shape index (κ1) is 13.8. The topological polar surface area (TPSA) is 17.1 Å². The van der Waals surface area contributed by atoms with Crippen LogP contribution in [0.15, 0.2) is 48.5 Å². The first-order chi connectivity index (χ1) is 9.13. The summed E-state index contributed by atoms with van der Waals surface area (Å²) in [5.41, 5.74) is 1.17. The lowest BCUT2D eigenvalue weighted by molar-refractivity contribution is 0.0957. The smallest absolute Gasteiger partial charge is 0.171 e. The molecule has 0 amide bonds. The molecule has 1 unspecified atom stereocenters. The summed E-state index contributed by atoms with van der Waals surface area (Å²) in [6, 6.07) is 13.4. The van der Waals surface area contributed by atoms with Crippen molar-refractivity contribution in [3.8, 4) is 0 Å². The van der Waals surface area contributed by atoms with E-state index in [2.05, 4.69) is 0 Å². The zero-order chi connectivity index (χ0) is 13.8. The van der Waals surface area contributed by atoms with E-state index >= 15 is 0 Å². The average molecular weight is 277 g/mol. The van der Waals surface area contributed by atoms with Gasteiger partial charge in [0.15, 0.2) is 5.78 Å². The highest BCUT2D eigenvalue weighted by Gasteiger charge is 2.22. The molecule has 2 rings (SSSR count). The second kappa shape index (κ2) is 5.98. The highest BCUT2D eigenvalue weighted by atomic mass is 35.5. The van der Waals surface area contributed by atoms with Gasteiger partial charge >= 0.3 is 0 Å². The molecule has 0 saturated heterocycles. The Bertz CT molecular complexity index is 581. The largest absolute Gasteiger partial charge is 0.293 e. The van der Waals surface area contributed by atoms with Crippen LogP contribution >= 0.6 is 11.6 Å². The fourth-order valence-corrected chi connectivity index (χ4v) is 2.34. The third-order valence-electron chi connectivity index (χ3n) is 3.12. The zero-order valence-corrected chi connectivity index (χ0v) is 11.3. The van der Waals surface area contributed by atoms with E-state index in [1.165, 1.54) is 18.2 Å². The maximum absolute atomic E-state index is 13.3. The predicted molar refractivity (Wildman–Crippen MR) is 75.2 cm³/mol. The van der Waals surface area contributed by atoms with Gasteiger partial charge in [-0.05, 0) is 30.2 Å². The van der Waals surface area contributed by atoms with Crippen molar-refractivity contribution >= 4 is 17.4 Å². The van der Waals surface area contributed by atoms with E-state index in [0.29, 0.717) is 11.4 Å². The van der Waals surface area contributed by atoms with Crippen molar-refractivity contribution in [1.82, 2.24) is 0 Å². The molecular weight excluding hydrogens is 263 g/mol. The number of carbonyl (C=O) groups excluding carboxylic acids is 1. The van der Waals surface area contributed by atoms with E-state index in [0.717, 1.165) is 5.56 Å². The Kier molecular flexibility index (Phi) is 4.33. The van der Waals surface area contributed by atoms with Gasteiger partial charge in [0.1, 0.15) is 5.82 Å². The van der Waals surface area contributed by atoms with Crippen LogP contribution in [0.1, 0.15) is 35.2 Å². The van der Waals surface area contributed by atoms with Gasteiger partial charge in [-0.2, -0.15) is 0 Å². The number of halogens is 2. The van der Waals surface area contributed by atoms with Gasteiger partial charge in [-0.25, -0.2) is 4.39 Å². The molecule has 2 aromatic rings. The monoisotopic (exact) mass is 276 g/mol. The molecule has 0 saturated carbocycles. The van der Waals surface area contributed by atoms with E-state index in [9.17, 15) is 9.18 Å². The number of ketones is 1. The van der Waals surface area contributed by atoms with Gasteiger partial charge in [0.25, 0.3) is 0 Å². The Morgan fingerprint density at radius 1 is 1.21 bits per heavy atom. The minimum absolute atomic E-state index is 0.141. The molecule has 98 valence electrons. The molecule has 0 aliphatic rings. The van der Waals surface area contributed by atoms with Crippen molar-refractivity contribution < 1.29 is 9.18 Å². The van der Waals surface area contributed by atoms with Crippen LogP contribution in [0.3, 0.4) is 0 Å². The van der Waals surface area contributed by atoms with Gasteiger partial charge in [-0.15, -0.1) is 0 Å². The molecule has 0 radical (unpaired) electrons. The van der Waals surface area contributed by atoms with Crippen molar-refractivity contribution in [2.45, 2.75) is 19.3 Å². The Morgan fingerprint density at radius 2 is 1.89 bits per heavy atom. The molecule has 0 fully saturated rings. The minimum Gasteiger partial charge on any atom is -0.293 e. The van der Waals surface area contributed by atoms with Crippen LogP contribution in [0.2, 0.25) is 5.02 Å². The van der Waals surface area contributed by atoms with Crippen LogP contribution in [0, 0.1) is 5.82 Å². The predicted octanol–water partition coefficient (Wildman–Crippen LogP) is 4.86. The molecule has 1 nitrogen and oxygen atoms in total. The molecule has 0 aliphatic carbocycles. The van der Waals surface area contributed by atoms with Crippen LogP contribution in [-0.2, 0) is 0 Å². The fraction of sp³-hybridized carbons (Fsp3) is 0.188. The molecule has 0 N–H and O–H groups in total. The van der Waals surface area contributed by atoms with Gasteiger partial charge in [-0.3, -0.25) is 4.79 Å². The summed E-state index contributed by atoms with van der Waals surface area (Å²) in [5.74, 6) is -0.880. The lowest BCUT2D eigenvalue weighted by Crippen LogP contribution is -2.13. The molecule has 19 heavy (non-hydrogen) atoms. The van der Waals surface area contributed by atoms with Crippen LogP contribution in [0.5, 0.6) is 0 Å². The minimum atomic E-state index is -0.448. The zero-order valence-electron chi connectivity index (χ0n) is 10.6. The summed E-state index contributed by atoms with van der Waals surface area (Å²) in [4.78, 5) is 12.5. The van der Waals surface area contributed by atoms with E-state index in [1.807, 2.05) is 37.3 Å². The number of hydrogen-bond acceptors (Lipinski definition) is 1. The summed E-state index contributed by atoms with van der Waals surface area (Å²) in [5, 5.41) is 0.292. The standard InChI is InChI=1S/C16H14ClFO/c1-2-13(11-6-4-3-5-7-11)16(19)14-10-12(18)8-9-15(14)17/h3-10,13H,2H2,1H3. The van der Waals surface area contributed by atoms with Crippen molar-refractivity contribution in [3.05, 3.63) is 70.5 Å². The van der Waals surface area contributed by atoms with Gasteiger partial charge < -0.3 is 0 Å². The number of carbonyl (C=O) groups is 1.